The van der Waals surface area contributed by atoms with Crippen LogP contribution in [0.4, 0.5) is 5.82 Å². The summed E-state index contributed by atoms with van der Waals surface area (Å²) in [6, 6.07) is 0. The zero-order chi connectivity index (χ0) is 11.6. The Morgan fingerprint density at radius 1 is 1.44 bits per heavy atom. The first kappa shape index (κ1) is 11.6. The molecule has 0 spiro atoms. The van der Waals surface area contributed by atoms with Gasteiger partial charge in [-0.25, -0.2) is 9.97 Å². The molecule has 0 saturated heterocycles. The van der Waals surface area contributed by atoms with E-state index in [1.165, 1.54) is 25.6 Å². The predicted octanol–water partition coefficient (Wildman–Crippen LogP) is 3.29. The molecule has 0 unspecified atom stereocenters. The fraction of sp³-hybridized carbons (Fsp3) is 0.667. The van der Waals surface area contributed by atoms with Gasteiger partial charge in [-0.1, -0.05) is 31.9 Å². The van der Waals surface area contributed by atoms with E-state index in [-0.39, 0.29) is 0 Å². The quantitative estimate of drug-likeness (QED) is 0.820. The van der Waals surface area contributed by atoms with Crippen LogP contribution in [0, 0.1) is 5.41 Å². The van der Waals surface area contributed by atoms with E-state index >= 15 is 0 Å². The van der Waals surface area contributed by atoms with Gasteiger partial charge >= 0.3 is 0 Å². The second kappa shape index (κ2) is 4.58. The molecule has 16 heavy (non-hydrogen) atoms. The van der Waals surface area contributed by atoms with Crippen LogP contribution >= 0.6 is 11.6 Å². The molecule has 0 amide bonds. The number of anilines is 1. The van der Waals surface area contributed by atoms with Gasteiger partial charge in [0.15, 0.2) is 0 Å². The maximum atomic E-state index is 6.04. The first-order valence-corrected chi connectivity index (χ1v) is 6.26. The number of nitrogens with zero attached hydrogens (tertiary/aromatic N) is 2. The van der Waals surface area contributed by atoms with Gasteiger partial charge in [0.25, 0.3) is 0 Å². The molecule has 1 N–H and O–H groups in total. The average molecular weight is 240 g/mol. The summed E-state index contributed by atoms with van der Waals surface area (Å²) in [6.07, 6.45) is 6.34. The Balaban J connectivity index is 2.06. The maximum absolute atomic E-state index is 6.04. The summed E-state index contributed by atoms with van der Waals surface area (Å²) in [5.41, 5.74) is 1.47. The van der Waals surface area contributed by atoms with Gasteiger partial charge < -0.3 is 5.32 Å². The average Bonchev–Trinajstić information content (AvgIpc) is 2.24. The topological polar surface area (TPSA) is 37.8 Å². The molecule has 0 aliphatic heterocycles. The Labute approximate surface area is 102 Å². The number of halogens is 1. The van der Waals surface area contributed by atoms with Crippen LogP contribution in [0.1, 0.15) is 38.7 Å². The Kier molecular flexibility index (Phi) is 3.33. The molecule has 0 aromatic carbocycles. The van der Waals surface area contributed by atoms with Gasteiger partial charge in [-0.05, 0) is 24.7 Å². The monoisotopic (exact) mass is 239 g/mol. The lowest BCUT2D eigenvalue weighted by Crippen LogP contribution is -2.33. The molecule has 1 aromatic rings. The zero-order valence-electron chi connectivity index (χ0n) is 9.89. The van der Waals surface area contributed by atoms with E-state index in [0.29, 0.717) is 10.6 Å². The van der Waals surface area contributed by atoms with Gasteiger partial charge in [-0.3, -0.25) is 0 Å². The Hall–Kier alpha value is -0.830. The van der Waals surface area contributed by atoms with Gasteiger partial charge in [0.05, 0.1) is 0 Å². The second-order valence-corrected chi connectivity index (χ2v) is 5.22. The molecule has 0 atom stereocenters. The number of hydrogen-bond donors (Lipinski definition) is 1. The molecule has 2 rings (SSSR count). The van der Waals surface area contributed by atoms with E-state index in [1.54, 1.807) is 0 Å². The highest BCUT2D eigenvalue weighted by molar-refractivity contribution is 6.30. The van der Waals surface area contributed by atoms with E-state index in [4.69, 9.17) is 11.6 Å². The van der Waals surface area contributed by atoms with Gasteiger partial charge in [0.1, 0.15) is 17.3 Å². The summed E-state index contributed by atoms with van der Waals surface area (Å²) < 4.78 is 0. The molecular formula is C12H18ClN3. The van der Waals surface area contributed by atoms with Gasteiger partial charge in [0, 0.05) is 12.1 Å². The van der Waals surface area contributed by atoms with E-state index in [2.05, 4.69) is 29.1 Å². The molecule has 1 fully saturated rings. The number of nitrogens with one attached hydrogen (secondary N) is 1. The standard InChI is InChI=1S/C12H18ClN3/c1-3-9-10(13)15-8-16-11(9)14-7-12(2)5-4-6-12/h8H,3-7H2,1-2H3,(H,14,15,16). The summed E-state index contributed by atoms with van der Waals surface area (Å²) in [5.74, 6) is 0.899. The first-order valence-electron chi connectivity index (χ1n) is 5.88. The second-order valence-electron chi connectivity index (χ2n) is 4.86. The maximum Gasteiger partial charge on any atom is 0.137 e. The van der Waals surface area contributed by atoms with Crippen LogP contribution in [0.25, 0.3) is 0 Å². The van der Waals surface area contributed by atoms with Crippen molar-refractivity contribution in [3.8, 4) is 0 Å². The van der Waals surface area contributed by atoms with Crippen LogP contribution in [0.2, 0.25) is 5.15 Å². The lowest BCUT2D eigenvalue weighted by molar-refractivity contribution is 0.179. The molecule has 3 nitrogen and oxygen atoms in total. The highest BCUT2D eigenvalue weighted by Crippen LogP contribution is 2.40. The number of aromatic nitrogens is 2. The molecule has 1 saturated carbocycles. The normalized spacial score (nSPS) is 17.9. The van der Waals surface area contributed by atoms with E-state index in [1.807, 2.05) is 0 Å². The lowest BCUT2D eigenvalue weighted by Gasteiger charge is -2.38. The molecule has 1 aliphatic rings. The molecule has 4 heteroatoms. The van der Waals surface area contributed by atoms with Crippen LogP contribution < -0.4 is 5.32 Å². The van der Waals surface area contributed by atoms with Gasteiger partial charge in [-0.15, -0.1) is 0 Å². The Bertz CT molecular complexity index is 375. The minimum Gasteiger partial charge on any atom is -0.369 e. The van der Waals surface area contributed by atoms with Crippen molar-refractivity contribution >= 4 is 17.4 Å². The van der Waals surface area contributed by atoms with Crippen LogP contribution in [0.15, 0.2) is 6.33 Å². The third kappa shape index (κ3) is 2.29. The first-order chi connectivity index (χ1) is 7.64. The molecule has 0 radical (unpaired) electrons. The van der Waals surface area contributed by atoms with Crippen molar-refractivity contribution < 1.29 is 0 Å². The molecule has 88 valence electrons. The summed E-state index contributed by atoms with van der Waals surface area (Å²) in [5, 5.41) is 3.98. The van der Waals surface area contributed by atoms with Crippen molar-refractivity contribution in [2.75, 3.05) is 11.9 Å². The SMILES string of the molecule is CCc1c(Cl)ncnc1NCC1(C)CCC1. The van der Waals surface area contributed by atoms with Crippen molar-refractivity contribution in [2.24, 2.45) is 5.41 Å². The van der Waals surface area contributed by atoms with E-state index in [0.717, 1.165) is 24.3 Å². The van der Waals surface area contributed by atoms with Gasteiger partial charge in [0.2, 0.25) is 0 Å². The van der Waals surface area contributed by atoms with Crippen molar-refractivity contribution in [1.29, 1.82) is 0 Å². The number of rotatable bonds is 4. The Morgan fingerprint density at radius 3 is 2.75 bits per heavy atom. The predicted molar refractivity (Wildman–Crippen MR) is 66.9 cm³/mol. The molecule has 1 heterocycles. The van der Waals surface area contributed by atoms with Crippen LogP contribution in [0.3, 0.4) is 0 Å². The minimum absolute atomic E-state index is 0.447. The highest BCUT2D eigenvalue weighted by atomic mass is 35.5. The fourth-order valence-corrected chi connectivity index (χ4v) is 2.38. The van der Waals surface area contributed by atoms with Crippen molar-refractivity contribution in [3.63, 3.8) is 0 Å². The summed E-state index contributed by atoms with van der Waals surface area (Å²) in [6.45, 7) is 5.37. The zero-order valence-corrected chi connectivity index (χ0v) is 10.6. The van der Waals surface area contributed by atoms with E-state index in [9.17, 15) is 0 Å². The third-order valence-electron chi connectivity index (χ3n) is 3.49. The van der Waals surface area contributed by atoms with Gasteiger partial charge in [-0.2, -0.15) is 0 Å². The smallest absolute Gasteiger partial charge is 0.137 e. The molecule has 0 bridgehead atoms. The third-order valence-corrected chi connectivity index (χ3v) is 3.82. The highest BCUT2D eigenvalue weighted by Gasteiger charge is 2.31. The molecule has 1 aromatic heterocycles. The van der Waals surface area contributed by atoms with Crippen LogP contribution in [-0.2, 0) is 6.42 Å². The molecular weight excluding hydrogens is 222 g/mol. The minimum atomic E-state index is 0.447. The van der Waals surface area contributed by atoms with Crippen LogP contribution in [-0.4, -0.2) is 16.5 Å². The van der Waals surface area contributed by atoms with Crippen LogP contribution in [0.5, 0.6) is 0 Å². The summed E-state index contributed by atoms with van der Waals surface area (Å²) >= 11 is 6.04. The largest absolute Gasteiger partial charge is 0.369 e. The fourth-order valence-electron chi connectivity index (χ4n) is 2.11. The van der Waals surface area contributed by atoms with Crippen molar-refractivity contribution in [2.45, 2.75) is 39.5 Å². The summed E-state index contributed by atoms with van der Waals surface area (Å²) in [4.78, 5) is 8.27. The van der Waals surface area contributed by atoms with E-state index < -0.39 is 0 Å². The lowest BCUT2D eigenvalue weighted by atomic mass is 9.70. The Morgan fingerprint density at radius 2 is 2.19 bits per heavy atom. The van der Waals surface area contributed by atoms with Crippen molar-refractivity contribution in [1.82, 2.24) is 9.97 Å². The van der Waals surface area contributed by atoms with Crippen molar-refractivity contribution in [3.05, 3.63) is 17.0 Å². The number of hydrogen-bond acceptors (Lipinski definition) is 3. The molecule has 1 aliphatic carbocycles. The summed E-state index contributed by atoms with van der Waals surface area (Å²) in [7, 11) is 0.